The molecule has 3 rings (SSSR count). The van der Waals surface area contributed by atoms with Crippen molar-refractivity contribution in [2.24, 2.45) is 5.92 Å². The van der Waals surface area contributed by atoms with Gasteiger partial charge >= 0.3 is 0 Å². The number of aryl methyl sites for hydroxylation is 2. The Bertz CT molecular complexity index is 508. The molecule has 1 saturated heterocycles. The molecule has 1 fully saturated rings. The van der Waals surface area contributed by atoms with Crippen LogP contribution in [-0.4, -0.2) is 29.8 Å². The van der Waals surface area contributed by atoms with E-state index in [-0.39, 0.29) is 0 Å². The molecule has 1 aliphatic heterocycles. The number of ketones is 1. The molecule has 20 heavy (non-hydrogen) atoms. The van der Waals surface area contributed by atoms with Gasteiger partial charge in [-0.3, -0.25) is 9.69 Å². The Balaban J connectivity index is 1.67. The van der Waals surface area contributed by atoms with Crippen molar-refractivity contribution in [3.8, 4) is 0 Å². The number of carbonyl (C=O) groups excluding carboxylic acids is 1. The summed E-state index contributed by atoms with van der Waals surface area (Å²) in [4.78, 5) is 14.9. The van der Waals surface area contributed by atoms with Crippen LogP contribution in [0.25, 0.3) is 0 Å². The molecular formula is C18H25NO. The number of benzene rings is 1. The summed E-state index contributed by atoms with van der Waals surface area (Å²) in [6, 6.07) is 6.88. The Labute approximate surface area is 122 Å². The molecular weight excluding hydrogens is 246 g/mol. The second kappa shape index (κ2) is 5.69. The zero-order chi connectivity index (χ0) is 14.1. The van der Waals surface area contributed by atoms with Crippen LogP contribution in [0.4, 0.5) is 0 Å². The number of fused-ring (bicyclic) bond motifs is 1. The average Bonchev–Trinajstić information content (AvgIpc) is 2.89. The Morgan fingerprint density at radius 3 is 2.85 bits per heavy atom. The third kappa shape index (κ3) is 2.80. The molecule has 0 aromatic heterocycles. The van der Waals surface area contributed by atoms with Gasteiger partial charge < -0.3 is 0 Å². The first kappa shape index (κ1) is 13.8. The van der Waals surface area contributed by atoms with Crippen molar-refractivity contribution in [3.05, 3.63) is 34.9 Å². The van der Waals surface area contributed by atoms with Crippen LogP contribution in [0.3, 0.4) is 0 Å². The van der Waals surface area contributed by atoms with Crippen LogP contribution in [0, 0.1) is 5.92 Å². The molecule has 2 nitrogen and oxygen atoms in total. The van der Waals surface area contributed by atoms with E-state index in [9.17, 15) is 4.79 Å². The molecule has 2 unspecified atom stereocenters. The molecule has 0 radical (unpaired) electrons. The second-order valence-corrected chi connectivity index (χ2v) is 6.71. The van der Waals surface area contributed by atoms with Gasteiger partial charge in [0, 0.05) is 11.6 Å². The number of rotatable bonds is 3. The lowest BCUT2D eigenvalue weighted by Gasteiger charge is -2.36. The van der Waals surface area contributed by atoms with Gasteiger partial charge in [0.1, 0.15) is 0 Å². The van der Waals surface area contributed by atoms with E-state index in [1.807, 2.05) is 6.07 Å². The minimum atomic E-state index is 0.293. The van der Waals surface area contributed by atoms with Crippen LogP contribution < -0.4 is 0 Å². The van der Waals surface area contributed by atoms with Gasteiger partial charge in [0.25, 0.3) is 0 Å². The predicted molar refractivity (Wildman–Crippen MR) is 82.2 cm³/mol. The minimum Gasteiger partial charge on any atom is -0.293 e. The van der Waals surface area contributed by atoms with E-state index in [1.165, 1.54) is 36.8 Å². The number of carbonyl (C=O) groups is 1. The molecule has 0 N–H and O–H groups in total. The predicted octanol–water partition coefficient (Wildman–Crippen LogP) is 3.48. The monoisotopic (exact) mass is 271 g/mol. The van der Waals surface area contributed by atoms with Gasteiger partial charge in [-0.05, 0) is 68.7 Å². The molecule has 1 aromatic rings. The maximum absolute atomic E-state index is 12.5. The molecule has 0 bridgehead atoms. The molecule has 0 saturated carbocycles. The average molecular weight is 271 g/mol. The number of Topliss-reactive ketones (excluding diaryl/α,β-unsaturated/α-hetero) is 1. The Morgan fingerprint density at radius 1 is 1.25 bits per heavy atom. The Morgan fingerprint density at radius 2 is 2.05 bits per heavy atom. The van der Waals surface area contributed by atoms with Gasteiger partial charge in [0.15, 0.2) is 5.78 Å². The maximum atomic E-state index is 12.5. The van der Waals surface area contributed by atoms with Crippen molar-refractivity contribution in [1.82, 2.24) is 4.90 Å². The minimum absolute atomic E-state index is 0.293. The fourth-order valence-corrected chi connectivity index (χ4v) is 3.71. The van der Waals surface area contributed by atoms with E-state index >= 15 is 0 Å². The van der Waals surface area contributed by atoms with Gasteiger partial charge in [-0.15, -0.1) is 0 Å². The fraction of sp³-hybridized carbons (Fsp3) is 0.611. The highest BCUT2D eigenvalue weighted by molar-refractivity contribution is 5.97. The van der Waals surface area contributed by atoms with E-state index in [2.05, 4.69) is 30.9 Å². The zero-order valence-electron chi connectivity index (χ0n) is 12.7. The van der Waals surface area contributed by atoms with E-state index in [4.69, 9.17) is 0 Å². The second-order valence-electron chi connectivity index (χ2n) is 6.71. The lowest BCUT2D eigenvalue weighted by atomic mass is 9.93. The highest BCUT2D eigenvalue weighted by Gasteiger charge is 2.25. The van der Waals surface area contributed by atoms with E-state index in [1.54, 1.807) is 0 Å². The van der Waals surface area contributed by atoms with Crippen LogP contribution in [0.15, 0.2) is 18.2 Å². The maximum Gasteiger partial charge on any atom is 0.176 e. The summed E-state index contributed by atoms with van der Waals surface area (Å²) in [5.74, 6) is 1.09. The summed E-state index contributed by atoms with van der Waals surface area (Å²) in [5, 5.41) is 0. The fourth-order valence-electron chi connectivity index (χ4n) is 3.71. The van der Waals surface area contributed by atoms with E-state index in [0.29, 0.717) is 18.4 Å². The van der Waals surface area contributed by atoms with Crippen molar-refractivity contribution in [2.75, 3.05) is 13.1 Å². The Kier molecular flexibility index (Phi) is 3.93. The van der Waals surface area contributed by atoms with Gasteiger partial charge in [0.2, 0.25) is 0 Å². The summed E-state index contributed by atoms with van der Waals surface area (Å²) in [6.45, 7) is 6.23. The first-order valence-electron chi connectivity index (χ1n) is 8.02. The summed E-state index contributed by atoms with van der Waals surface area (Å²) in [7, 11) is 0. The molecule has 0 spiro atoms. The third-order valence-electron chi connectivity index (χ3n) is 5.04. The number of hydrogen-bond acceptors (Lipinski definition) is 2. The first-order chi connectivity index (χ1) is 9.63. The first-order valence-corrected chi connectivity index (χ1v) is 8.02. The highest BCUT2D eigenvalue weighted by atomic mass is 16.1. The number of nitrogens with zero attached hydrogens (tertiary/aromatic N) is 1. The third-order valence-corrected chi connectivity index (χ3v) is 5.04. The van der Waals surface area contributed by atoms with Gasteiger partial charge in [-0.25, -0.2) is 0 Å². The quantitative estimate of drug-likeness (QED) is 0.784. The number of likely N-dealkylation sites (tertiary alicyclic amines) is 1. The molecule has 2 heteroatoms. The van der Waals surface area contributed by atoms with Crippen LogP contribution in [-0.2, 0) is 12.8 Å². The van der Waals surface area contributed by atoms with Crippen LogP contribution in [0.2, 0.25) is 0 Å². The molecule has 2 aliphatic rings. The SMILES string of the molecule is CC1CCN(CC(=O)c2ccc3c(c2)CCC3)C(C)C1. The van der Waals surface area contributed by atoms with Crippen molar-refractivity contribution in [3.63, 3.8) is 0 Å². The Hall–Kier alpha value is -1.15. The zero-order valence-corrected chi connectivity index (χ0v) is 12.7. The molecule has 1 aliphatic carbocycles. The van der Waals surface area contributed by atoms with Crippen LogP contribution in [0.1, 0.15) is 54.6 Å². The topological polar surface area (TPSA) is 20.3 Å². The van der Waals surface area contributed by atoms with Crippen molar-refractivity contribution >= 4 is 5.78 Å². The van der Waals surface area contributed by atoms with Gasteiger partial charge in [-0.1, -0.05) is 19.1 Å². The smallest absolute Gasteiger partial charge is 0.176 e. The highest BCUT2D eigenvalue weighted by Crippen LogP contribution is 2.25. The lowest BCUT2D eigenvalue weighted by Crippen LogP contribution is -2.43. The van der Waals surface area contributed by atoms with Crippen LogP contribution in [0.5, 0.6) is 0 Å². The lowest BCUT2D eigenvalue weighted by molar-refractivity contribution is 0.0816. The summed E-state index contributed by atoms with van der Waals surface area (Å²) in [6.07, 6.45) is 6.02. The molecule has 1 heterocycles. The van der Waals surface area contributed by atoms with E-state index in [0.717, 1.165) is 24.4 Å². The normalized spacial score (nSPS) is 26.5. The van der Waals surface area contributed by atoms with Crippen molar-refractivity contribution in [2.45, 2.75) is 52.0 Å². The standard InChI is InChI=1S/C18H25NO/c1-13-8-9-19(14(2)10-13)12-18(20)17-7-6-15-4-3-5-16(15)11-17/h6-7,11,13-14H,3-5,8-10,12H2,1-2H3. The molecule has 1 aromatic carbocycles. The number of hydrogen-bond donors (Lipinski definition) is 0. The summed E-state index contributed by atoms with van der Waals surface area (Å²) in [5.41, 5.74) is 3.76. The van der Waals surface area contributed by atoms with Crippen molar-refractivity contribution < 1.29 is 4.79 Å². The van der Waals surface area contributed by atoms with E-state index < -0.39 is 0 Å². The largest absolute Gasteiger partial charge is 0.293 e. The number of piperidine rings is 1. The van der Waals surface area contributed by atoms with Gasteiger partial charge in [0.05, 0.1) is 6.54 Å². The van der Waals surface area contributed by atoms with Gasteiger partial charge in [-0.2, -0.15) is 0 Å². The molecule has 2 atom stereocenters. The summed E-state index contributed by atoms with van der Waals surface area (Å²) < 4.78 is 0. The summed E-state index contributed by atoms with van der Waals surface area (Å²) >= 11 is 0. The molecule has 0 amide bonds. The van der Waals surface area contributed by atoms with Crippen molar-refractivity contribution in [1.29, 1.82) is 0 Å². The molecule has 108 valence electrons. The van der Waals surface area contributed by atoms with Crippen LogP contribution >= 0.6 is 0 Å².